The van der Waals surface area contributed by atoms with E-state index in [2.05, 4.69) is 4.90 Å². The fourth-order valence-electron chi connectivity index (χ4n) is 4.22. The molecule has 1 amide bonds. The molecule has 2 saturated heterocycles. The summed E-state index contributed by atoms with van der Waals surface area (Å²) in [7, 11) is 3.52. The SMILES string of the molecule is COc1ccc(F)cc1C(=O)N1CC[C@@]2(CO)CCCN(C)[C@@H]2C1. The fraction of sp³-hybridized carbons (Fsp3) is 0.611. The summed E-state index contributed by atoms with van der Waals surface area (Å²) in [5.41, 5.74) is 0.128. The van der Waals surface area contributed by atoms with Gasteiger partial charge in [0.25, 0.3) is 5.91 Å². The first-order valence-electron chi connectivity index (χ1n) is 8.45. The highest BCUT2D eigenvalue weighted by Gasteiger charge is 2.47. The average molecular weight is 336 g/mol. The summed E-state index contributed by atoms with van der Waals surface area (Å²) >= 11 is 0. The number of halogens is 1. The maximum atomic E-state index is 13.6. The molecule has 0 unspecified atom stereocenters. The maximum absolute atomic E-state index is 13.6. The minimum absolute atomic E-state index is 0.129. The van der Waals surface area contributed by atoms with Crippen LogP contribution in [0.25, 0.3) is 0 Å². The highest BCUT2D eigenvalue weighted by atomic mass is 19.1. The van der Waals surface area contributed by atoms with Crippen LogP contribution < -0.4 is 4.74 Å². The van der Waals surface area contributed by atoms with Crippen LogP contribution in [0.5, 0.6) is 5.75 Å². The van der Waals surface area contributed by atoms with Crippen LogP contribution in [0.3, 0.4) is 0 Å². The van der Waals surface area contributed by atoms with Crippen molar-refractivity contribution in [2.75, 3.05) is 40.4 Å². The summed E-state index contributed by atoms with van der Waals surface area (Å²) in [6, 6.07) is 4.14. The highest BCUT2D eigenvalue weighted by Crippen LogP contribution is 2.42. The van der Waals surface area contributed by atoms with Gasteiger partial charge in [-0.15, -0.1) is 0 Å². The monoisotopic (exact) mass is 336 g/mol. The highest BCUT2D eigenvalue weighted by molar-refractivity contribution is 5.97. The molecule has 1 aromatic carbocycles. The molecule has 3 rings (SSSR count). The number of benzene rings is 1. The molecule has 2 fully saturated rings. The summed E-state index contributed by atoms with van der Waals surface area (Å²) in [6.45, 7) is 2.24. The molecule has 0 bridgehead atoms. The van der Waals surface area contributed by atoms with E-state index in [0.29, 0.717) is 18.8 Å². The van der Waals surface area contributed by atoms with E-state index < -0.39 is 5.82 Å². The largest absolute Gasteiger partial charge is 0.496 e. The van der Waals surface area contributed by atoms with Crippen LogP contribution in [0.2, 0.25) is 0 Å². The molecular weight excluding hydrogens is 311 g/mol. The van der Waals surface area contributed by atoms with Crippen LogP contribution in [0.15, 0.2) is 18.2 Å². The number of aliphatic hydroxyl groups excluding tert-OH is 1. The van der Waals surface area contributed by atoms with Crippen LogP contribution >= 0.6 is 0 Å². The van der Waals surface area contributed by atoms with E-state index in [-0.39, 0.29) is 29.5 Å². The van der Waals surface area contributed by atoms with Crippen LogP contribution in [-0.2, 0) is 0 Å². The molecule has 0 radical (unpaired) electrons. The predicted octanol–water partition coefficient (Wildman–Crippen LogP) is 1.75. The van der Waals surface area contributed by atoms with Crippen LogP contribution in [0.1, 0.15) is 29.6 Å². The Bertz CT molecular complexity index is 624. The second-order valence-electron chi connectivity index (χ2n) is 6.97. The van der Waals surface area contributed by atoms with Gasteiger partial charge in [-0.1, -0.05) is 0 Å². The number of rotatable bonds is 3. The minimum Gasteiger partial charge on any atom is -0.496 e. The number of fused-ring (bicyclic) bond motifs is 1. The van der Waals surface area contributed by atoms with Crippen molar-refractivity contribution in [3.8, 4) is 5.75 Å². The molecule has 0 aliphatic carbocycles. The molecule has 2 atom stereocenters. The molecule has 0 aromatic heterocycles. The van der Waals surface area contributed by atoms with Crippen LogP contribution in [0.4, 0.5) is 4.39 Å². The third-order valence-corrected chi connectivity index (χ3v) is 5.69. The number of methoxy groups -OCH3 is 1. The Morgan fingerprint density at radius 2 is 2.21 bits per heavy atom. The Morgan fingerprint density at radius 3 is 2.92 bits per heavy atom. The molecule has 1 N–H and O–H groups in total. The maximum Gasteiger partial charge on any atom is 0.257 e. The lowest BCUT2D eigenvalue weighted by atomic mass is 9.69. The Kier molecular flexibility index (Phi) is 4.78. The number of likely N-dealkylation sites (N-methyl/N-ethyl adjacent to an activating group) is 1. The van der Waals surface area contributed by atoms with Crippen molar-refractivity contribution in [1.82, 2.24) is 9.80 Å². The zero-order valence-electron chi connectivity index (χ0n) is 14.3. The molecule has 0 spiro atoms. The zero-order valence-corrected chi connectivity index (χ0v) is 14.3. The second-order valence-corrected chi connectivity index (χ2v) is 6.97. The fourth-order valence-corrected chi connectivity index (χ4v) is 4.22. The Labute approximate surface area is 142 Å². The second kappa shape index (κ2) is 6.69. The summed E-state index contributed by atoms with van der Waals surface area (Å²) in [5, 5.41) is 9.96. The molecular formula is C18H25FN2O3. The van der Waals surface area contributed by atoms with E-state index in [9.17, 15) is 14.3 Å². The number of hydrogen-bond acceptors (Lipinski definition) is 4. The van der Waals surface area contributed by atoms with Crippen LogP contribution in [0, 0.1) is 11.2 Å². The lowest BCUT2D eigenvalue weighted by Gasteiger charge is -2.53. The number of amides is 1. The Balaban J connectivity index is 1.84. The Hall–Kier alpha value is -1.66. The van der Waals surface area contributed by atoms with Gasteiger partial charge in [-0.3, -0.25) is 4.79 Å². The van der Waals surface area contributed by atoms with Crippen molar-refractivity contribution in [2.24, 2.45) is 5.41 Å². The molecule has 0 saturated carbocycles. The van der Waals surface area contributed by atoms with E-state index in [0.717, 1.165) is 25.8 Å². The number of nitrogens with zero attached hydrogens (tertiary/aromatic N) is 2. The van der Waals surface area contributed by atoms with Crippen LogP contribution in [-0.4, -0.2) is 67.3 Å². The van der Waals surface area contributed by atoms with Crippen molar-refractivity contribution >= 4 is 5.91 Å². The van der Waals surface area contributed by atoms with Gasteiger partial charge < -0.3 is 19.6 Å². The summed E-state index contributed by atoms with van der Waals surface area (Å²) in [5.74, 6) is -0.273. The van der Waals surface area contributed by atoms with Gasteiger partial charge in [-0.05, 0) is 51.1 Å². The summed E-state index contributed by atoms with van der Waals surface area (Å²) < 4.78 is 18.8. The molecule has 2 heterocycles. The zero-order chi connectivity index (χ0) is 17.3. The molecule has 2 aliphatic heterocycles. The first-order valence-corrected chi connectivity index (χ1v) is 8.45. The molecule has 24 heavy (non-hydrogen) atoms. The number of carbonyl (C=O) groups excluding carboxylic acids is 1. The van der Waals surface area contributed by atoms with Gasteiger partial charge in [-0.25, -0.2) is 4.39 Å². The van der Waals surface area contributed by atoms with Crippen molar-refractivity contribution in [3.05, 3.63) is 29.6 Å². The normalized spacial score (nSPS) is 27.7. The number of hydrogen-bond donors (Lipinski definition) is 1. The first-order chi connectivity index (χ1) is 11.5. The van der Waals surface area contributed by atoms with Gasteiger partial charge in [0.1, 0.15) is 11.6 Å². The third kappa shape index (κ3) is 2.89. The van der Waals surface area contributed by atoms with E-state index in [1.54, 1.807) is 4.90 Å². The standard InChI is InChI=1S/C18H25FN2O3/c1-20-8-3-6-18(12-22)7-9-21(11-16(18)20)17(23)14-10-13(19)4-5-15(14)24-2/h4-5,10,16,22H,3,6-9,11-12H2,1-2H3/t16-,18-/m1/s1. The lowest BCUT2D eigenvalue weighted by Crippen LogP contribution is -2.62. The van der Waals surface area contributed by atoms with Gasteiger partial charge in [0.05, 0.1) is 19.3 Å². The van der Waals surface area contributed by atoms with E-state index in [1.807, 2.05) is 7.05 Å². The van der Waals surface area contributed by atoms with Gasteiger partial charge in [-0.2, -0.15) is 0 Å². The number of ether oxygens (including phenoxy) is 1. The number of carbonyl (C=O) groups is 1. The van der Waals surface area contributed by atoms with Crippen molar-refractivity contribution < 1.29 is 19.0 Å². The van der Waals surface area contributed by atoms with Gasteiger partial charge in [0.15, 0.2) is 0 Å². The quantitative estimate of drug-likeness (QED) is 0.914. The Morgan fingerprint density at radius 1 is 1.42 bits per heavy atom. The van der Waals surface area contributed by atoms with Crippen molar-refractivity contribution in [1.29, 1.82) is 0 Å². The molecule has 5 nitrogen and oxygen atoms in total. The molecule has 6 heteroatoms. The van der Waals surface area contributed by atoms with Gasteiger partial charge in [0, 0.05) is 24.5 Å². The summed E-state index contributed by atoms with van der Waals surface area (Å²) in [4.78, 5) is 16.9. The smallest absolute Gasteiger partial charge is 0.257 e. The first kappa shape index (κ1) is 17.2. The number of piperidine rings is 2. The minimum atomic E-state index is -0.448. The molecule has 1 aromatic rings. The van der Waals surface area contributed by atoms with Crippen molar-refractivity contribution in [2.45, 2.75) is 25.3 Å². The number of likely N-dealkylation sites (tertiary alicyclic amines) is 2. The lowest BCUT2D eigenvalue weighted by molar-refractivity contribution is -0.0601. The van der Waals surface area contributed by atoms with E-state index in [4.69, 9.17) is 4.74 Å². The van der Waals surface area contributed by atoms with Crippen molar-refractivity contribution in [3.63, 3.8) is 0 Å². The van der Waals surface area contributed by atoms with E-state index in [1.165, 1.54) is 25.3 Å². The molecule has 132 valence electrons. The predicted molar refractivity (Wildman–Crippen MR) is 88.6 cm³/mol. The summed E-state index contributed by atoms with van der Waals surface area (Å²) in [6.07, 6.45) is 2.82. The average Bonchev–Trinajstić information content (AvgIpc) is 2.61. The van der Waals surface area contributed by atoms with E-state index >= 15 is 0 Å². The topological polar surface area (TPSA) is 53.0 Å². The van der Waals surface area contributed by atoms with Gasteiger partial charge in [0.2, 0.25) is 0 Å². The van der Waals surface area contributed by atoms with Gasteiger partial charge >= 0.3 is 0 Å². The molecule has 2 aliphatic rings. The third-order valence-electron chi connectivity index (χ3n) is 5.69. The number of aliphatic hydroxyl groups is 1.